The molecule has 7 nitrogen and oxygen atoms in total. The first-order chi connectivity index (χ1) is 9.47. The summed E-state index contributed by atoms with van der Waals surface area (Å²) in [4.78, 5) is 14.4. The highest BCUT2D eigenvalue weighted by Crippen LogP contribution is 2.31. The van der Waals surface area contributed by atoms with Crippen LogP contribution < -0.4 is 10.5 Å². The van der Waals surface area contributed by atoms with Gasteiger partial charge in [-0.25, -0.2) is 4.98 Å². The molecule has 0 fully saturated rings. The van der Waals surface area contributed by atoms with Gasteiger partial charge in [0.2, 0.25) is 5.75 Å². The van der Waals surface area contributed by atoms with Crippen LogP contribution >= 0.6 is 0 Å². The minimum absolute atomic E-state index is 0.119. The van der Waals surface area contributed by atoms with Gasteiger partial charge in [0.15, 0.2) is 0 Å². The van der Waals surface area contributed by atoms with Crippen LogP contribution in [0.2, 0.25) is 0 Å². The highest BCUT2D eigenvalue weighted by molar-refractivity contribution is 5.92. The van der Waals surface area contributed by atoms with E-state index in [4.69, 9.17) is 15.9 Å². The maximum atomic E-state index is 10.9. The summed E-state index contributed by atoms with van der Waals surface area (Å²) >= 11 is 0. The lowest BCUT2D eigenvalue weighted by Crippen LogP contribution is -2.12. The molecule has 1 aromatic heterocycles. The lowest BCUT2D eigenvalue weighted by molar-refractivity contribution is -0.385. The standard InChI is InChI=1S/C13H12N4O3/c1-8-2-5-11(17(18)19)12(6-8)20-9-3-4-10(13(14)15)16-7-9/h2-7H,1H3,(H3,14,15). The van der Waals surface area contributed by atoms with Gasteiger partial charge in [-0.2, -0.15) is 0 Å². The van der Waals surface area contributed by atoms with Gasteiger partial charge in [0.1, 0.15) is 17.3 Å². The number of hydrogen-bond donors (Lipinski definition) is 2. The van der Waals surface area contributed by atoms with Gasteiger partial charge in [-0.3, -0.25) is 15.5 Å². The Kier molecular flexibility index (Phi) is 3.60. The number of aryl methyl sites for hydroxylation is 1. The van der Waals surface area contributed by atoms with E-state index in [-0.39, 0.29) is 17.3 Å². The van der Waals surface area contributed by atoms with Crippen molar-refractivity contribution in [1.29, 1.82) is 5.41 Å². The smallest absolute Gasteiger partial charge is 0.311 e. The van der Waals surface area contributed by atoms with Gasteiger partial charge in [-0.1, -0.05) is 6.07 Å². The van der Waals surface area contributed by atoms with Crippen LogP contribution in [0.4, 0.5) is 5.69 Å². The van der Waals surface area contributed by atoms with E-state index in [1.807, 2.05) is 6.92 Å². The molecule has 0 aliphatic heterocycles. The summed E-state index contributed by atoms with van der Waals surface area (Å²) in [5.41, 5.74) is 6.33. The Balaban J connectivity index is 2.31. The number of nitrogens with zero attached hydrogens (tertiary/aromatic N) is 2. The van der Waals surface area contributed by atoms with Gasteiger partial charge in [0.05, 0.1) is 11.1 Å². The Hall–Kier alpha value is -2.96. The number of nitro benzene ring substituents is 1. The molecule has 3 N–H and O–H groups in total. The number of nitro groups is 1. The third kappa shape index (κ3) is 2.89. The number of rotatable bonds is 4. The van der Waals surface area contributed by atoms with Crippen LogP contribution in [0.5, 0.6) is 11.5 Å². The van der Waals surface area contributed by atoms with Gasteiger partial charge in [-0.15, -0.1) is 0 Å². The molecule has 0 spiro atoms. The lowest BCUT2D eigenvalue weighted by atomic mass is 10.2. The SMILES string of the molecule is Cc1ccc([N+](=O)[O-])c(Oc2ccc(C(=N)N)nc2)c1. The van der Waals surface area contributed by atoms with Crippen LogP contribution in [0.25, 0.3) is 0 Å². The third-order valence-electron chi connectivity index (χ3n) is 2.55. The average molecular weight is 272 g/mol. The normalized spacial score (nSPS) is 10.1. The largest absolute Gasteiger partial charge is 0.448 e. The summed E-state index contributed by atoms with van der Waals surface area (Å²) in [6.45, 7) is 1.81. The molecule has 1 heterocycles. The molecule has 0 unspecified atom stereocenters. The number of nitrogens with one attached hydrogen (secondary N) is 1. The van der Waals surface area contributed by atoms with Gasteiger partial charge < -0.3 is 10.5 Å². The van der Waals surface area contributed by atoms with Gasteiger partial charge >= 0.3 is 5.69 Å². The van der Waals surface area contributed by atoms with E-state index in [1.54, 1.807) is 18.2 Å². The zero-order valence-electron chi connectivity index (χ0n) is 10.7. The van der Waals surface area contributed by atoms with E-state index in [0.717, 1.165) is 5.56 Å². The van der Waals surface area contributed by atoms with E-state index >= 15 is 0 Å². The fourth-order valence-corrected chi connectivity index (χ4v) is 1.58. The highest BCUT2D eigenvalue weighted by atomic mass is 16.6. The predicted octanol–water partition coefficient (Wildman–Crippen LogP) is 2.37. The molecular weight excluding hydrogens is 260 g/mol. The molecule has 7 heteroatoms. The predicted molar refractivity (Wildman–Crippen MR) is 73.2 cm³/mol. The molecule has 0 amide bonds. The van der Waals surface area contributed by atoms with Crippen molar-refractivity contribution in [3.63, 3.8) is 0 Å². The number of pyridine rings is 1. The minimum Gasteiger partial charge on any atom is -0.448 e. The molecule has 2 rings (SSSR count). The Bertz CT molecular complexity index is 668. The van der Waals surface area contributed by atoms with Gasteiger partial charge in [0.25, 0.3) is 0 Å². The van der Waals surface area contributed by atoms with Crippen LogP contribution in [0.3, 0.4) is 0 Å². The first kappa shape index (κ1) is 13.5. The van der Waals surface area contributed by atoms with Crippen molar-refractivity contribution in [3.05, 3.63) is 57.9 Å². The minimum atomic E-state index is -0.508. The number of nitrogen functional groups attached to an aromatic ring is 1. The molecular formula is C13H12N4O3. The van der Waals surface area contributed by atoms with Crippen LogP contribution in [0.15, 0.2) is 36.5 Å². The fourth-order valence-electron chi connectivity index (χ4n) is 1.58. The van der Waals surface area contributed by atoms with E-state index in [0.29, 0.717) is 11.4 Å². The summed E-state index contributed by atoms with van der Waals surface area (Å²) in [5.74, 6) is 0.328. The summed E-state index contributed by atoms with van der Waals surface area (Å²) in [6, 6.07) is 7.68. The molecule has 0 aliphatic carbocycles. The first-order valence-corrected chi connectivity index (χ1v) is 5.70. The Morgan fingerprint density at radius 3 is 2.70 bits per heavy atom. The zero-order chi connectivity index (χ0) is 14.7. The fraction of sp³-hybridized carbons (Fsp3) is 0.0769. The van der Waals surface area contributed by atoms with Crippen molar-refractivity contribution in [2.24, 2.45) is 5.73 Å². The van der Waals surface area contributed by atoms with E-state index in [9.17, 15) is 10.1 Å². The van der Waals surface area contributed by atoms with E-state index < -0.39 is 4.92 Å². The number of aromatic nitrogens is 1. The second-order valence-electron chi connectivity index (χ2n) is 4.12. The molecule has 0 radical (unpaired) electrons. The average Bonchev–Trinajstić information content (AvgIpc) is 2.39. The third-order valence-corrected chi connectivity index (χ3v) is 2.55. The van der Waals surface area contributed by atoms with Gasteiger partial charge in [0, 0.05) is 6.07 Å². The number of hydrogen-bond acceptors (Lipinski definition) is 5. The number of amidine groups is 1. The molecule has 0 atom stereocenters. The molecule has 20 heavy (non-hydrogen) atoms. The second-order valence-corrected chi connectivity index (χ2v) is 4.12. The molecule has 0 bridgehead atoms. The Labute approximate surface area is 114 Å². The summed E-state index contributed by atoms with van der Waals surface area (Å²) in [7, 11) is 0. The van der Waals surface area contributed by atoms with Gasteiger partial charge in [-0.05, 0) is 30.7 Å². The van der Waals surface area contributed by atoms with Crippen LogP contribution in [0.1, 0.15) is 11.3 Å². The maximum absolute atomic E-state index is 10.9. The molecule has 0 saturated carbocycles. The lowest BCUT2D eigenvalue weighted by Gasteiger charge is -2.07. The molecule has 0 aliphatic rings. The Morgan fingerprint density at radius 1 is 1.40 bits per heavy atom. The van der Waals surface area contributed by atoms with Crippen molar-refractivity contribution < 1.29 is 9.66 Å². The summed E-state index contributed by atoms with van der Waals surface area (Å²) in [5, 5.41) is 18.2. The molecule has 0 saturated heterocycles. The first-order valence-electron chi connectivity index (χ1n) is 5.70. The van der Waals surface area contributed by atoms with Crippen LogP contribution in [-0.4, -0.2) is 15.7 Å². The number of nitrogens with two attached hydrogens (primary N) is 1. The Morgan fingerprint density at radius 2 is 2.15 bits per heavy atom. The number of ether oxygens (including phenoxy) is 1. The summed E-state index contributed by atoms with van der Waals surface area (Å²) < 4.78 is 5.47. The topological polar surface area (TPSA) is 115 Å². The molecule has 102 valence electrons. The summed E-state index contributed by atoms with van der Waals surface area (Å²) in [6.07, 6.45) is 1.36. The van der Waals surface area contributed by atoms with Crippen molar-refractivity contribution in [3.8, 4) is 11.5 Å². The molecule has 1 aromatic carbocycles. The highest BCUT2D eigenvalue weighted by Gasteiger charge is 2.15. The van der Waals surface area contributed by atoms with Crippen molar-refractivity contribution >= 4 is 11.5 Å². The van der Waals surface area contributed by atoms with Crippen LogP contribution in [0, 0.1) is 22.4 Å². The second kappa shape index (κ2) is 5.35. The monoisotopic (exact) mass is 272 g/mol. The van der Waals surface area contributed by atoms with Crippen molar-refractivity contribution in [1.82, 2.24) is 4.98 Å². The van der Waals surface area contributed by atoms with Crippen molar-refractivity contribution in [2.75, 3.05) is 0 Å². The molecule has 2 aromatic rings. The maximum Gasteiger partial charge on any atom is 0.311 e. The quantitative estimate of drug-likeness (QED) is 0.383. The van der Waals surface area contributed by atoms with Crippen molar-refractivity contribution in [2.45, 2.75) is 6.92 Å². The number of benzene rings is 1. The van der Waals surface area contributed by atoms with E-state index in [2.05, 4.69) is 4.98 Å². The zero-order valence-corrected chi connectivity index (χ0v) is 10.7. The van der Waals surface area contributed by atoms with Crippen LogP contribution in [-0.2, 0) is 0 Å². The van der Waals surface area contributed by atoms with E-state index in [1.165, 1.54) is 18.3 Å².